The summed E-state index contributed by atoms with van der Waals surface area (Å²) in [6.45, 7) is 0.185. The van der Waals surface area contributed by atoms with E-state index >= 15 is 0 Å². The molecule has 1 N–H and O–H groups in total. The van der Waals surface area contributed by atoms with Crippen molar-refractivity contribution in [1.29, 1.82) is 0 Å². The Morgan fingerprint density at radius 3 is 2.54 bits per heavy atom. The van der Waals surface area contributed by atoms with Crippen molar-refractivity contribution in [3.8, 4) is 0 Å². The third-order valence-electron chi connectivity index (χ3n) is 5.75. The summed E-state index contributed by atoms with van der Waals surface area (Å²) < 4.78 is 44.3. The molecule has 0 radical (unpaired) electrons. The molecule has 0 saturated heterocycles. The number of hydrogen-bond donors (Lipinski definition) is 1. The maximum atomic E-state index is 12.7. The molecule has 7 heteroatoms. The predicted octanol–water partition coefficient (Wildman–Crippen LogP) is 5.77. The maximum absolute atomic E-state index is 12.7. The summed E-state index contributed by atoms with van der Waals surface area (Å²) in [4.78, 5) is 10.9. The summed E-state index contributed by atoms with van der Waals surface area (Å²) in [5.41, 5.74) is -3.83. The van der Waals surface area contributed by atoms with Crippen LogP contribution >= 0.6 is 11.8 Å². The van der Waals surface area contributed by atoms with Gasteiger partial charge in [0.1, 0.15) is 0 Å². The van der Waals surface area contributed by atoms with E-state index in [-0.39, 0.29) is 40.7 Å². The Bertz CT molecular complexity index is 652. The number of carboxylic acid groups (broad SMARTS) is 1. The number of alkyl halides is 3. The highest BCUT2D eigenvalue weighted by Gasteiger charge is 2.54. The highest BCUT2D eigenvalue weighted by molar-refractivity contribution is 8.00. The minimum atomic E-state index is -4.31. The van der Waals surface area contributed by atoms with Crippen LogP contribution in [0.3, 0.4) is 0 Å². The van der Waals surface area contributed by atoms with Crippen LogP contribution in [0, 0.1) is 5.41 Å². The largest absolute Gasteiger partial charge is 0.481 e. The number of thioether (sulfide) groups is 1. The number of aliphatic carboxylic acids is 1. The molecule has 2 saturated carbocycles. The second kappa shape index (κ2) is 7.43. The average Bonchev–Trinajstić information content (AvgIpc) is 3.09. The van der Waals surface area contributed by atoms with Crippen molar-refractivity contribution in [3.05, 3.63) is 29.8 Å². The number of fused-ring (bicyclic) bond motifs is 2. The second-order valence-corrected chi connectivity index (χ2v) is 8.66. The minimum absolute atomic E-state index is 0.0958. The lowest BCUT2D eigenvalue weighted by Gasteiger charge is -2.28. The highest BCUT2D eigenvalue weighted by Crippen LogP contribution is 2.60. The Morgan fingerprint density at radius 2 is 1.88 bits per heavy atom. The fourth-order valence-electron chi connectivity index (χ4n) is 4.50. The maximum Gasteiger partial charge on any atom is 0.446 e. The van der Waals surface area contributed by atoms with E-state index < -0.39 is 11.5 Å². The van der Waals surface area contributed by atoms with Crippen LogP contribution in [-0.2, 0) is 16.1 Å². The van der Waals surface area contributed by atoms with E-state index in [1.807, 2.05) is 0 Å². The predicted molar refractivity (Wildman–Crippen MR) is 92.9 cm³/mol. The van der Waals surface area contributed by atoms with Crippen LogP contribution in [-0.4, -0.2) is 22.2 Å². The Hall–Kier alpha value is -1.21. The Labute approximate surface area is 155 Å². The van der Waals surface area contributed by atoms with Gasteiger partial charge in [-0.15, -0.1) is 0 Å². The molecule has 0 amide bonds. The fourth-order valence-corrected chi connectivity index (χ4v) is 5.15. The van der Waals surface area contributed by atoms with E-state index in [1.54, 1.807) is 18.2 Å². The van der Waals surface area contributed by atoms with Gasteiger partial charge in [0.25, 0.3) is 0 Å². The number of halogens is 3. The van der Waals surface area contributed by atoms with Crippen molar-refractivity contribution in [2.24, 2.45) is 5.41 Å². The third-order valence-corrected chi connectivity index (χ3v) is 6.60. The molecule has 1 aromatic rings. The first-order valence-electron chi connectivity index (χ1n) is 8.91. The van der Waals surface area contributed by atoms with Crippen molar-refractivity contribution in [2.75, 3.05) is 0 Å². The molecule has 1 aromatic carbocycles. The lowest BCUT2D eigenvalue weighted by molar-refractivity contribution is -0.137. The Kier molecular flexibility index (Phi) is 5.58. The zero-order chi connectivity index (χ0) is 18.8. The van der Waals surface area contributed by atoms with Gasteiger partial charge in [0.05, 0.1) is 12.2 Å². The lowest BCUT2D eigenvalue weighted by atomic mass is 9.80. The van der Waals surface area contributed by atoms with Crippen LogP contribution in [0.4, 0.5) is 13.2 Å². The Balaban J connectivity index is 1.59. The number of benzene rings is 1. The number of hydrogen-bond acceptors (Lipinski definition) is 3. The number of rotatable bonds is 8. The third kappa shape index (κ3) is 4.74. The summed E-state index contributed by atoms with van der Waals surface area (Å²) in [6, 6.07) is 6.51. The molecular formula is C19H23F3O3S. The van der Waals surface area contributed by atoms with Crippen LogP contribution in [0.5, 0.6) is 0 Å². The molecule has 0 spiro atoms. The molecule has 3 nitrogen and oxygen atoms in total. The van der Waals surface area contributed by atoms with Gasteiger partial charge < -0.3 is 9.84 Å². The first-order valence-corrected chi connectivity index (χ1v) is 9.72. The van der Waals surface area contributed by atoms with E-state index in [2.05, 4.69) is 0 Å². The van der Waals surface area contributed by atoms with Crippen molar-refractivity contribution in [2.45, 2.75) is 74.0 Å². The first-order chi connectivity index (χ1) is 12.2. The number of carbonyl (C=O) groups is 1. The van der Waals surface area contributed by atoms with E-state index in [0.717, 1.165) is 38.5 Å². The van der Waals surface area contributed by atoms with Crippen molar-refractivity contribution in [3.63, 3.8) is 0 Å². The van der Waals surface area contributed by atoms with Gasteiger partial charge in [-0.2, -0.15) is 13.2 Å². The SMILES string of the molecule is O=C(O)CCCC12CCC(OCc3ccccc3SC(F)(F)F)(CC1)C2. The normalized spacial score (nSPS) is 27.8. The van der Waals surface area contributed by atoms with Gasteiger partial charge >= 0.3 is 11.5 Å². The van der Waals surface area contributed by atoms with Crippen LogP contribution < -0.4 is 0 Å². The molecule has 3 rings (SSSR count). The molecule has 2 aliphatic carbocycles. The van der Waals surface area contributed by atoms with Crippen molar-refractivity contribution < 1.29 is 27.8 Å². The van der Waals surface area contributed by atoms with E-state index in [1.165, 1.54) is 6.07 Å². The molecule has 26 heavy (non-hydrogen) atoms. The monoisotopic (exact) mass is 388 g/mol. The summed E-state index contributed by atoms with van der Waals surface area (Å²) in [5.74, 6) is -0.765. The number of ether oxygens (including phenoxy) is 1. The minimum Gasteiger partial charge on any atom is -0.481 e. The van der Waals surface area contributed by atoms with Crippen LogP contribution in [0.1, 0.15) is 56.9 Å². The van der Waals surface area contributed by atoms with Crippen molar-refractivity contribution >= 4 is 17.7 Å². The lowest BCUT2D eigenvalue weighted by Crippen LogP contribution is -2.26. The van der Waals surface area contributed by atoms with E-state index in [9.17, 15) is 18.0 Å². The molecule has 144 valence electrons. The Morgan fingerprint density at radius 1 is 1.19 bits per heavy atom. The molecule has 0 aliphatic heterocycles. The second-order valence-electron chi connectivity index (χ2n) is 7.55. The van der Waals surface area contributed by atoms with Crippen molar-refractivity contribution in [1.82, 2.24) is 0 Å². The fraction of sp³-hybridized carbons (Fsp3) is 0.632. The smallest absolute Gasteiger partial charge is 0.446 e. The van der Waals surface area contributed by atoms with Gasteiger partial charge in [-0.25, -0.2) is 0 Å². The van der Waals surface area contributed by atoms with Gasteiger partial charge in [-0.05, 0) is 73.8 Å². The van der Waals surface area contributed by atoms with Crippen LogP contribution in [0.25, 0.3) is 0 Å². The van der Waals surface area contributed by atoms with E-state index in [4.69, 9.17) is 9.84 Å². The summed E-state index contributed by atoms with van der Waals surface area (Å²) in [7, 11) is 0. The summed E-state index contributed by atoms with van der Waals surface area (Å²) in [5, 5.41) is 8.82. The van der Waals surface area contributed by atoms with E-state index in [0.29, 0.717) is 12.0 Å². The van der Waals surface area contributed by atoms with Gasteiger partial charge in [0.15, 0.2) is 0 Å². The molecule has 0 atom stereocenters. The number of carboxylic acids is 1. The van der Waals surface area contributed by atoms with Gasteiger partial charge in [0.2, 0.25) is 0 Å². The molecular weight excluding hydrogens is 365 g/mol. The molecule has 2 aliphatic rings. The standard InChI is InChI=1S/C19H23F3O3S/c20-19(21,22)26-15-5-2-1-4-14(15)12-25-18-10-8-17(13-18,9-11-18)7-3-6-16(23)24/h1-2,4-5H,3,6-13H2,(H,23,24). The average molecular weight is 388 g/mol. The molecule has 0 heterocycles. The van der Waals surface area contributed by atoms with Gasteiger partial charge in [0, 0.05) is 11.3 Å². The summed E-state index contributed by atoms with van der Waals surface area (Å²) >= 11 is -0.0958. The molecule has 0 unspecified atom stereocenters. The topological polar surface area (TPSA) is 46.5 Å². The van der Waals surface area contributed by atoms with Crippen LogP contribution in [0.2, 0.25) is 0 Å². The zero-order valence-electron chi connectivity index (χ0n) is 14.5. The zero-order valence-corrected chi connectivity index (χ0v) is 15.3. The molecule has 2 bridgehead atoms. The quantitative estimate of drug-likeness (QED) is 0.574. The highest BCUT2D eigenvalue weighted by atomic mass is 32.2. The molecule has 2 fully saturated rings. The first kappa shape index (κ1) is 19.5. The molecule has 0 aromatic heterocycles. The summed E-state index contributed by atoms with van der Waals surface area (Å²) in [6.07, 6.45) is 6.52. The van der Waals surface area contributed by atoms with Crippen LogP contribution in [0.15, 0.2) is 29.2 Å². The van der Waals surface area contributed by atoms with Gasteiger partial charge in [-0.3, -0.25) is 4.79 Å². The van der Waals surface area contributed by atoms with Gasteiger partial charge in [-0.1, -0.05) is 18.2 Å².